The minimum atomic E-state index is -1.17. The minimum absolute atomic E-state index is 0.0666. The molecule has 0 atom stereocenters. The average Bonchev–Trinajstić information content (AvgIpc) is 2.84. The Kier molecular flexibility index (Phi) is 4.45. The van der Waals surface area contributed by atoms with Crippen molar-refractivity contribution in [3.63, 3.8) is 0 Å². The molecule has 1 aromatic heterocycles. The number of aromatic carboxylic acids is 1. The van der Waals surface area contributed by atoms with Crippen LogP contribution in [0.15, 0.2) is 40.8 Å². The van der Waals surface area contributed by atoms with E-state index in [2.05, 4.69) is 5.32 Å². The number of nitrogens with one attached hydrogen (secondary N) is 1. The maximum atomic E-state index is 11.8. The summed E-state index contributed by atoms with van der Waals surface area (Å²) in [7, 11) is 0. The van der Waals surface area contributed by atoms with E-state index in [0.29, 0.717) is 5.76 Å². The number of aryl methyl sites for hydroxylation is 1. The third kappa shape index (κ3) is 3.73. The summed E-state index contributed by atoms with van der Waals surface area (Å²) in [5.74, 6) is -0.410. The first-order valence-electron chi connectivity index (χ1n) is 6.04. The highest BCUT2D eigenvalue weighted by Gasteiger charge is 2.14. The van der Waals surface area contributed by atoms with Gasteiger partial charge in [-0.2, -0.15) is 0 Å². The molecule has 0 unspecified atom stereocenters. The number of anilines is 1. The number of rotatable bonds is 4. The Bertz CT molecular complexity index is 718. The molecule has 21 heavy (non-hydrogen) atoms. The molecule has 2 N–H and O–H groups in total. The lowest BCUT2D eigenvalue weighted by Crippen LogP contribution is -2.12. The molecule has 0 aliphatic carbocycles. The van der Waals surface area contributed by atoms with E-state index >= 15 is 0 Å². The standard InChI is InChI=1S/C15H12ClNO4/c1-9-5-6-10(21-9)7-8-13(18)17-14-11(15(19)20)3-2-4-12(14)16/h2-8H,1H3,(H,17,18)(H,19,20)/b8-7+. The van der Waals surface area contributed by atoms with Gasteiger partial charge in [-0.15, -0.1) is 0 Å². The van der Waals surface area contributed by atoms with Crippen molar-refractivity contribution in [1.82, 2.24) is 0 Å². The number of carboxylic acid groups (broad SMARTS) is 1. The zero-order valence-corrected chi connectivity index (χ0v) is 11.8. The van der Waals surface area contributed by atoms with E-state index in [1.165, 1.54) is 30.4 Å². The van der Waals surface area contributed by atoms with Crippen LogP contribution in [0.25, 0.3) is 6.08 Å². The monoisotopic (exact) mass is 305 g/mol. The molecule has 0 fully saturated rings. The van der Waals surface area contributed by atoms with E-state index < -0.39 is 11.9 Å². The maximum absolute atomic E-state index is 11.8. The largest absolute Gasteiger partial charge is 0.478 e. The summed E-state index contributed by atoms with van der Waals surface area (Å²) < 4.78 is 5.28. The number of amides is 1. The fraction of sp³-hybridized carbons (Fsp3) is 0.0667. The first-order chi connectivity index (χ1) is 9.97. The molecule has 6 heteroatoms. The number of halogens is 1. The molecule has 1 heterocycles. The molecule has 1 amide bonds. The molecule has 5 nitrogen and oxygen atoms in total. The van der Waals surface area contributed by atoms with Gasteiger partial charge >= 0.3 is 5.97 Å². The van der Waals surface area contributed by atoms with Crippen molar-refractivity contribution < 1.29 is 19.1 Å². The molecule has 1 aromatic carbocycles. The van der Waals surface area contributed by atoms with Crippen LogP contribution < -0.4 is 5.32 Å². The second-order valence-corrected chi connectivity index (χ2v) is 4.65. The van der Waals surface area contributed by atoms with Gasteiger partial charge < -0.3 is 14.8 Å². The van der Waals surface area contributed by atoms with Gasteiger partial charge in [0.2, 0.25) is 5.91 Å². The molecular weight excluding hydrogens is 294 g/mol. The highest BCUT2D eigenvalue weighted by Crippen LogP contribution is 2.26. The van der Waals surface area contributed by atoms with Crippen LogP contribution in [0.5, 0.6) is 0 Å². The van der Waals surface area contributed by atoms with Gasteiger partial charge in [-0.05, 0) is 37.3 Å². The van der Waals surface area contributed by atoms with Crippen molar-refractivity contribution in [1.29, 1.82) is 0 Å². The number of hydrogen-bond donors (Lipinski definition) is 2. The fourth-order valence-corrected chi connectivity index (χ4v) is 1.92. The van der Waals surface area contributed by atoms with Gasteiger partial charge in [-0.1, -0.05) is 17.7 Å². The first-order valence-corrected chi connectivity index (χ1v) is 6.42. The van der Waals surface area contributed by atoms with Crippen LogP contribution in [0.4, 0.5) is 5.69 Å². The second kappa shape index (κ2) is 6.28. The lowest BCUT2D eigenvalue weighted by Gasteiger charge is -2.08. The normalized spacial score (nSPS) is 10.8. The lowest BCUT2D eigenvalue weighted by atomic mass is 10.1. The minimum Gasteiger partial charge on any atom is -0.478 e. The number of furan rings is 1. The van der Waals surface area contributed by atoms with E-state index in [9.17, 15) is 9.59 Å². The summed E-state index contributed by atoms with van der Waals surface area (Å²) in [6.45, 7) is 1.79. The maximum Gasteiger partial charge on any atom is 0.337 e. The highest BCUT2D eigenvalue weighted by molar-refractivity contribution is 6.34. The van der Waals surface area contributed by atoms with E-state index in [0.717, 1.165) is 5.76 Å². The Labute approximate surface area is 125 Å². The second-order valence-electron chi connectivity index (χ2n) is 4.24. The van der Waals surface area contributed by atoms with E-state index in [1.54, 1.807) is 19.1 Å². The molecule has 2 aromatic rings. The van der Waals surface area contributed by atoms with Crippen molar-refractivity contribution in [2.75, 3.05) is 5.32 Å². The third-order valence-corrected chi connectivity index (χ3v) is 2.97. The predicted molar refractivity (Wildman–Crippen MR) is 79.5 cm³/mol. The number of hydrogen-bond acceptors (Lipinski definition) is 3. The SMILES string of the molecule is Cc1ccc(/C=C/C(=O)Nc2c(Cl)cccc2C(=O)O)o1. The van der Waals surface area contributed by atoms with Crippen LogP contribution in [0, 0.1) is 6.92 Å². The van der Waals surface area contributed by atoms with Crippen molar-refractivity contribution in [3.8, 4) is 0 Å². The van der Waals surface area contributed by atoms with E-state index in [-0.39, 0.29) is 16.3 Å². The van der Waals surface area contributed by atoms with Crippen LogP contribution >= 0.6 is 11.6 Å². The molecule has 108 valence electrons. The van der Waals surface area contributed by atoms with E-state index in [4.69, 9.17) is 21.1 Å². The molecule has 0 saturated heterocycles. The molecular formula is C15H12ClNO4. The number of benzene rings is 1. The number of carbonyl (C=O) groups is 2. The number of carbonyl (C=O) groups excluding carboxylic acids is 1. The molecule has 0 saturated carbocycles. The average molecular weight is 306 g/mol. The quantitative estimate of drug-likeness (QED) is 0.846. The first kappa shape index (κ1) is 14.9. The van der Waals surface area contributed by atoms with Gasteiger partial charge in [0.25, 0.3) is 0 Å². The summed E-state index contributed by atoms with van der Waals surface area (Å²) in [6, 6.07) is 7.86. The summed E-state index contributed by atoms with van der Waals surface area (Å²) in [6.07, 6.45) is 2.73. The molecule has 0 spiro atoms. The smallest absolute Gasteiger partial charge is 0.337 e. The molecule has 0 aliphatic heterocycles. The zero-order chi connectivity index (χ0) is 15.4. The van der Waals surface area contributed by atoms with Crippen LogP contribution in [-0.2, 0) is 4.79 Å². The highest BCUT2D eigenvalue weighted by atomic mass is 35.5. The summed E-state index contributed by atoms with van der Waals surface area (Å²) in [5, 5.41) is 11.7. The van der Waals surface area contributed by atoms with Gasteiger partial charge in [0.05, 0.1) is 16.3 Å². The molecule has 0 radical (unpaired) electrons. The Morgan fingerprint density at radius 2 is 2.05 bits per heavy atom. The lowest BCUT2D eigenvalue weighted by molar-refractivity contribution is -0.111. The van der Waals surface area contributed by atoms with E-state index in [1.807, 2.05) is 0 Å². The number of carboxylic acids is 1. The van der Waals surface area contributed by atoms with Gasteiger partial charge in [0, 0.05) is 6.08 Å². The van der Waals surface area contributed by atoms with Crippen molar-refractivity contribution in [3.05, 3.63) is 58.5 Å². The Morgan fingerprint density at radius 1 is 1.29 bits per heavy atom. The Morgan fingerprint density at radius 3 is 2.67 bits per heavy atom. The van der Waals surface area contributed by atoms with Crippen molar-refractivity contribution in [2.24, 2.45) is 0 Å². The van der Waals surface area contributed by atoms with Crippen LogP contribution in [0.3, 0.4) is 0 Å². The van der Waals surface area contributed by atoms with Crippen LogP contribution in [0.2, 0.25) is 5.02 Å². The van der Waals surface area contributed by atoms with Gasteiger partial charge in [-0.3, -0.25) is 4.79 Å². The van der Waals surface area contributed by atoms with Crippen molar-refractivity contribution in [2.45, 2.75) is 6.92 Å². The fourth-order valence-electron chi connectivity index (χ4n) is 1.70. The predicted octanol–water partition coefficient (Wildman–Crippen LogP) is 3.59. The topological polar surface area (TPSA) is 79.5 Å². The zero-order valence-electron chi connectivity index (χ0n) is 11.1. The summed E-state index contributed by atoms with van der Waals surface area (Å²) in [4.78, 5) is 22.9. The third-order valence-electron chi connectivity index (χ3n) is 2.65. The van der Waals surface area contributed by atoms with Gasteiger partial charge in [0.1, 0.15) is 11.5 Å². The van der Waals surface area contributed by atoms with Crippen LogP contribution in [-0.4, -0.2) is 17.0 Å². The summed E-state index contributed by atoms with van der Waals surface area (Å²) in [5.41, 5.74) is -0.00460. The molecule has 0 bridgehead atoms. The van der Waals surface area contributed by atoms with Gasteiger partial charge in [-0.25, -0.2) is 4.79 Å². The van der Waals surface area contributed by atoms with Gasteiger partial charge in [0.15, 0.2) is 0 Å². The summed E-state index contributed by atoms with van der Waals surface area (Å²) >= 11 is 5.92. The molecule has 0 aliphatic rings. The van der Waals surface area contributed by atoms with Crippen molar-refractivity contribution >= 4 is 35.2 Å². The number of para-hydroxylation sites is 1. The van der Waals surface area contributed by atoms with Crippen LogP contribution in [0.1, 0.15) is 21.9 Å². The Hall–Kier alpha value is -2.53. The Balaban J connectivity index is 2.16. The molecule has 2 rings (SSSR count).